The molecular weight excluding hydrogens is 501 g/mol. The van der Waals surface area contributed by atoms with Gasteiger partial charge in [-0.1, -0.05) is 42.5 Å². The monoisotopic (exact) mass is 538 g/mol. The van der Waals surface area contributed by atoms with Gasteiger partial charge < -0.3 is 10.1 Å². The van der Waals surface area contributed by atoms with E-state index in [4.69, 9.17) is 4.74 Å². The van der Waals surface area contributed by atoms with Crippen molar-refractivity contribution in [3.8, 4) is 5.75 Å². The molecule has 3 aromatic carbocycles. The highest BCUT2D eigenvalue weighted by molar-refractivity contribution is 5.96. The molecule has 0 bridgehead atoms. The van der Waals surface area contributed by atoms with E-state index in [0.717, 1.165) is 51.0 Å². The minimum atomic E-state index is -4.41. The highest BCUT2D eigenvalue weighted by Crippen LogP contribution is 2.33. The van der Waals surface area contributed by atoms with Gasteiger partial charge in [0.25, 0.3) is 0 Å². The first-order chi connectivity index (χ1) is 18.8. The summed E-state index contributed by atoms with van der Waals surface area (Å²) >= 11 is 0. The Hall–Kier alpha value is -3.16. The Labute approximate surface area is 229 Å². The summed E-state index contributed by atoms with van der Waals surface area (Å²) in [4.78, 5) is 15.3. The number of carbonyl (C=O) groups is 1. The molecule has 1 heterocycles. The Morgan fingerprint density at radius 3 is 2.38 bits per heavy atom. The van der Waals surface area contributed by atoms with E-state index in [1.54, 1.807) is 37.4 Å². The van der Waals surface area contributed by atoms with Crippen molar-refractivity contribution in [1.82, 2.24) is 10.2 Å². The zero-order valence-electron chi connectivity index (χ0n) is 22.4. The third kappa shape index (κ3) is 8.67. The fourth-order valence-corrected chi connectivity index (χ4v) is 5.12. The predicted molar refractivity (Wildman–Crippen MR) is 148 cm³/mol. The SMILES string of the molecule is CNCCC(Oc1ccc(C(=O)CCC2CCN(Cc3ccccc3)CC2)cc1)c1cccc(C(F)(F)F)c1. The fourth-order valence-electron chi connectivity index (χ4n) is 5.12. The normalized spacial score (nSPS) is 15.7. The van der Waals surface area contributed by atoms with E-state index < -0.39 is 17.8 Å². The van der Waals surface area contributed by atoms with Crippen LogP contribution in [-0.4, -0.2) is 37.4 Å². The average molecular weight is 539 g/mol. The number of nitrogens with zero attached hydrogens (tertiary/aromatic N) is 1. The van der Waals surface area contributed by atoms with Gasteiger partial charge in [0.1, 0.15) is 11.9 Å². The second-order valence-corrected chi connectivity index (χ2v) is 10.3. The maximum absolute atomic E-state index is 13.2. The molecule has 1 aliphatic heterocycles. The molecule has 1 fully saturated rings. The van der Waals surface area contributed by atoms with Crippen molar-refractivity contribution < 1.29 is 22.7 Å². The number of hydrogen-bond acceptors (Lipinski definition) is 4. The van der Waals surface area contributed by atoms with Crippen LogP contribution in [0.2, 0.25) is 0 Å². The maximum Gasteiger partial charge on any atom is 0.416 e. The predicted octanol–water partition coefficient (Wildman–Crippen LogP) is 7.31. The Bertz CT molecular complexity index is 1170. The molecule has 0 aromatic heterocycles. The molecule has 3 aromatic rings. The van der Waals surface area contributed by atoms with Crippen molar-refractivity contribution in [2.45, 2.75) is 50.9 Å². The molecule has 0 radical (unpaired) electrons. The summed E-state index contributed by atoms with van der Waals surface area (Å²) < 4.78 is 45.8. The standard InChI is InChI=1S/C32H37F3N2O2/c1-36-19-16-31(27-8-5-9-28(22-27)32(33,34)35)39-29-13-11-26(12-14-29)30(38)15-10-24-17-20-37(21-18-24)23-25-6-3-2-4-7-25/h2-9,11-14,22,24,31,36H,10,15-21,23H2,1H3. The Morgan fingerprint density at radius 1 is 1.00 bits per heavy atom. The van der Waals surface area contributed by atoms with E-state index in [1.165, 1.54) is 11.6 Å². The first-order valence-corrected chi connectivity index (χ1v) is 13.7. The van der Waals surface area contributed by atoms with Crippen LogP contribution in [0.4, 0.5) is 13.2 Å². The number of halogens is 3. The van der Waals surface area contributed by atoms with Crippen LogP contribution in [0, 0.1) is 5.92 Å². The lowest BCUT2D eigenvalue weighted by atomic mass is 9.90. The van der Waals surface area contributed by atoms with Gasteiger partial charge in [-0.25, -0.2) is 0 Å². The van der Waals surface area contributed by atoms with Crippen LogP contribution in [-0.2, 0) is 12.7 Å². The number of Topliss-reactive ketones (excluding diaryl/α,β-unsaturated/α-hetero) is 1. The van der Waals surface area contributed by atoms with Gasteiger partial charge in [-0.3, -0.25) is 9.69 Å². The van der Waals surface area contributed by atoms with Crippen LogP contribution in [0.25, 0.3) is 0 Å². The molecule has 4 rings (SSSR count). The van der Waals surface area contributed by atoms with E-state index in [2.05, 4.69) is 34.5 Å². The Kier molecular flexibility index (Phi) is 10.2. The third-order valence-corrected chi connectivity index (χ3v) is 7.43. The highest BCUT2D eigenvalue weighted by atomic mass is 19.4. The van der Waals surface area contributed by atoms with E-state index in [0.29, 0.717) is 42.2 Å². The van der Waals surface area contributed by atoms with E-state index in [1.807, 2.05) is 6.07 Å². The van der Waals surface area contributed by atoms with Crippen molar-refractivity contribution in [2.24, 2.45) is 5.92 Å². The second kappa shape index (κ2) is 13.8. The molecule has 0 saturated carbocycles. The number of carbonyl (C=O) groups excluding carboxylic acids is 1. The number of ketones is 1. The summed E-state index contributed by atoms with van der Waals surface area (Å²) in [5.74, 6) is 1.19. The number of alkyl halides is 3. The maximum atomic E-state index is 13.2. The zero-order valence-corrected chi connectivity index (χ0v) is 22.4. The van der Waals surface area contributed by atoms with Gasteiger partial charge in [0, 0.05) is 24.9 Å². The Morgan fingerprint density at radius 2 is 1.72 bits per heavy atom. The minimum Gasteiger partial charge on any atom is -0.486 e. The lowest BCUT2D eigenvalue weighted by Crippen LogP contribution is -2.33. The van der Waals surface area contributed by atoms with Crippen LogP contribution in [0.1, 0.15) is 65.3 Å². The largest absolute Gasteiger partial charge is 0.486 e. The molecule has 1 saturated heterocycles. The number of rotatable bonds is 12. The average Bonchev–Trinajstić information content (AvgIpc) is 2.95. The van der Waals surface area contributed by atoms with Crippen molar-refractivity contribution in [3.63, 3.8) is 0 Å². The van der Waals surface area contributed by atoms with Crippen molar-refractivity contribution in [2.75, 3.05) is 26.7 Å². The molecule has 39 heavy (non-hydrogen) atoms. The third-order valence-electron chi connectivity index (χ3n) is 7.43. The molecule has 7 heteroatoms. The number of hydrogen-bond donors (Lipinski definition) is 1. The topological polar surface area (TPSA) is 41.6 Å². The first-order valence-electron chi connectivity index (χ1n) is 13.7. The quantitative estimate of drug-likeness (QED) is 0.246. The zero-order chi connectivity index (χ0) is 27.7. The lowest BCUT2D eigenvalue weighted by Gasteiger charge is -2.32. The van der Waals surface area contributed by atoms with E-state index in [9.17, 15) is 18.0 Å². The summed E-state index contributed by atoms with van der Waals surface area (Å²) in [7, 11) is 1.79. The smallest absolute Gasteiger partial charge is 0.416 e. The van der Waals surface area contributed by atoms with Gasteiger partial charge in [0.15, 0.2) is 5.78 Å². The van der Waals surface area contributed by atoms with Crippen LogP contribution in [0.15, 0.2) is 78.9 Å². The van der Waals surface area contributed by atoms with Gasteiger partial charge in [0.05, 0.1) is 5.56 Å². The van der Waals surface area contributed by atoms with Gasteiger partial charge in [0.2, 0.25) is 0 Å². The molecular formula is C32H37F3N2O2. The molecule has 0 spiro atoms. The fraction of sp³-hybridized carbons (Fsp3) is 0.406. The number of likely N-dealkylation sites (tertiary alicyclic amines) is 1. The van der Waals surface area contributed by atoms with Gasteiger partial charge in [-0.05, 0) is 99.4 Å². The second-order valence-electron chi connectivity index (χ2n) is 10.3. The number of piperidine rings is 1. The van der Waals surface area contributed by atoms with Crippen LogP contribution >= 0.6 is 0 Å². The van der Waals surface area contributed by atoms with Crippen molar-refractivity contribution in [3.05, 3.63) is 101 Å². The summed E-state index contributed by atoms with van der Waals surface area (Å²) in [5, 5.41) is 3.03. The van der Waals surface area contributed by atoms with Crippen molar-refractivity contribution in [1.29, 1.82) is 0 Å². The molecule has 1 N–H and O–H groups in total. The van der Waals surface area contributed by atoms with Crippen LogP contribution < -0.4 is 10.1 Å². The lowest BCUT2D eigenvalue weighted by molar-refractivity contribution is -0.137. The summed E-state index contributed by atoms with van der Waals surface area (Å²) in [6.07, 6.45) is -0.842. The van der Waals surface area contributed by atoms with Crippen LogP contribution in [0.3, 0.4) is 0 Å². The number of benzene rings is 3. The molecule has 0 amide bonds. The first kappa shape index (κ1) is 28.8. The van der Waals surface area contributed by atoms with E-state index >= 15 is 0 Å². The molecule has 1 atom stereocenters. The molecule has 0 aliphatic carbocycles. The summed E-state index contributed by atoms with van der Waals surface area (Å²) in [6.45, 7) is 3.67. The number of nitrogens with one attached hydrogen (secondary N) is 1. The van der Waals surface area contributed by atoms with Gasteiger partial charge >= 0.3 is 6.18 Å². The number of ether oxygens (including phenoxy) is 1. The highest BCUT2D eigenvalue weighted by Gasteiger charge is 2.31. The molecule has 208 valence electrons. The summed E-state index contributed by atoms with van der Waals surface area (Å²) in [6, 6.07) is 22.7. The minimum absolute atomic E-state index is 0.109. The van der Waals surface area contributed by atoms with Crippen molar-refractivity contribution >= 4 is 5.78 Å². The van der Waals surface area contributed by atoms with E-state index in [-0.39, 0.29) is 5.78 Å². The van der Waals surface area contributed by atoms with Gasteiger partial charge in [-0.2, -0.15) is 13.2 Å². The molecule has 1 aliphatic rings. The van der Waals surface area contributed by atoms with Gasteiger partial charge in [-0.15, -0.1) is 0 Å². The molecule has 1 unspecified atom stereocenters. The summed E-state index contributed by atoms with van der Waals surface area (Å²) in [5.41, 5.74) is 1.74. The Balaban J connectivity index is 1.28. The van der Waals surface area contributed by atoms with Crippen LogP contribution in [0.5, 0.6) is 5.75 Å². The molecule has 4 nitrogen and oxygen atoms in total.